The molecule has 0 spiro atoms. The zero-order valence-corrected chi connectivity index (χ0v) is 21.7. The van der Waals surface area contributed by atoms with Gasteiger partial charge in [0.15, 0.2) is 17.3 Å². The minimum Gasteiger partial charge on any atom is -0.497 e. The first kappa shape index (κ1) is 27.7. The number of aliphatic hydroxyl groups excluding tert-OH is 1. The first-order valence-corrected chi connectivity index (χ1v) is 12.9. The fraction of sp³-hybridized carbons (Fsp3) is 0.517. The Morgan fingerprint density at radius 2 is 1.69 bits per heavy atom. The van der Waals surface area contributed by atoms with Gasteiger partial charge in [-0.2, -0.15) is 0 Å². The molecule has 2 aromatic rings. The molecule has 0 amide bonds. The third-order valence-electron chi connectivity index (χ3n) is 6.70. The number of nitrogens with zero attached hydrogens (tertiary/aromatic N) is 1. The van der Waals surface area contributed by atoms with E-state index in [-0.39, 0.29) is 17.5 Å². The van der Waals surface area contributed by atoms with E-state index in [0.717, 1.165) is 37.1 Å². The average molecular weight is 498 g/mol. The third-order valence-corrected chi connectivity index (χ3v) is 6.70. The first-order chi connectivity index (χ1) is 17.4. The second-order valence-electron chi connectivity index (χ2n) is 9.42. The number of Topliss-reactive ketones (excluding diaryl/α,β-unsaturated/α-hetero) is 2. The van der Waals surface area contributed by atoms with Gasteiger partial charge < -0.3 is 24.2 Å². The molecule has 2 aromatic carbocycles. The Balaban J connectivity index is 1.47. The number of ketones is 2. The molecule has 0 aliphatic carbocycles. The fourth-order valence-electron chi connectivity index (χ4n) is 4.42. The fourth-order valence-corrected chi connectivity index (χ4v) is 4.42. The molecule has 0 bridgehead atoms. The standard InChI is InChI=1S/C29H39NO6/c1-4-30(2)20-23(29(33)22-12-15-27-28(19-22)36-17-16-35-27)18-24(31)8-6-5-7-9-26(32)21-10-13-25(34-3)14-11-21/h10-15,19,23,29,33H,4-9,16-18,20H2,1-3H3/t23-,29-/m0/s1. The maximum Gasteiger partial charge on any atom is 0.162 e. The van der Waals surface area contributed by atoms with Gasteiger partial charge in [-0.25, -0.2) is 0 Å². The molecule has 1 aliphatic heterocycles. The molecule has 1 aliphatic rings. The van der Waals surface area contributed by atoms with E-state index in [1.807, 2.05) is 25.2 Å². The molecular weight excluding hydrogens is 458 g/mol. The third kappa shape index (κ3) is 8.07. The smallest absolute Gasteiger partial charge is 0.162 e. The van der Waals surface area contributed by atoms with Crippen LogP contribution in [0.4, 0.5) is 0 Å². The lowest BCUT2D eigenvalue weighted by molar-refractivity contribution is -0.121. The molecule has 2 atom stereocenters. The number of carbonyl (C=O) groups is 2. The molecule has 0 fully saturated rings. The van der Waals surface area contributed by atoms with Crippen molar-refractivity contribution in [1.82, 2.24) is 4.90 Å². The topological polar surface area (TPSA) is 85.3 Å². The lowest BCUT2D eigenvalue weighted by atomic mass is 9.89. The van der Waals surface area contributed by atoms with Crippen LogP contribution in [-0.4, -0.2) is 62.0 Å². The van der Waals surface area contributed by atoms with Crippen LogP contribution in [0.25, 0.3) is 0 Å². The van der Waals surface area contributed by atoms with Crippen molar-refractivity contribution in [3.8, 4) is 17.2 Å². The van der Waals surface area contributed by atoms with Crippen molar-refractivity contribution in [2.24, 2.45) is 5.92 Å². The average Bonchev–Trinajstić information content (AvgIpc) is 2.91. The summed E-state index contributed by atoms with van der Waals surface area (Å²) >= 11 is 0. The van der Waals surface area contributed by atoms with E-state index < -0.39 is 6.10 Å². The second-order valence-corrected chi connectivity index (χ2v) is 9.42. The number of rotatable bonds is 15. The van der Waals surface area contributed by atoms with Crippen molar-refractivity contribution in [2.75, 3.05) is 40.5 Å². The van der Waals surface area contributed by atoms with Crippen LogP contribution in [0, 0.1) is 5.92 Å². The molecule has 0 saturated carbocycles. The summed E-state index contributed by atoms with van der Waals surface area (Å²) in [5.41, 5.74) is 1.42. The highest BCUT2D eigenvalue weighted by Gasteiger charge is 2.26. The van der Waals surface area contributed by atoms with Crippen LogP contribution in [0.1, 0.15) is 67.5 Å². The molecule has 1 heterocycles. The number of hydrogen-bond acceptors (Lipinski definition) is 7. The van der Waals surface area contributed by atoms with Crippen LogP contribution in [0.3, 0.4) is 0 Å². The van der Waals surface area contributed by atoms with Crippen LogP contribution in [0.5, 0.6) is 17.2 Å². The predicted molar refractivity (Wildman–Crippen MR) is 139 cm³/mol. The number of carbonyl (C=O) groups excluding carboxylic acids is 2. The maximum atomic E-state index is 12.8. The van der Waals surface area contributed by atoms with Gasteiger partial charge >= 0.3 is 0 Å². The van der Waals surface area contributed by atoms with Gasteiger partial charge in [-0.3, -0.25) is 9.59 Å². The number of unbranched alkanes of at least 4 members (excludes halogenated alkanes) is 2. The van der Waals surface area contributed by atoms with Crippen LogP contribution >= 0.6 is 0 Å². The molecule has 36 heavy (non-hydrogen) atoms. The Morgan fingerprint density at radius 3 is 2.39 bits per heavy atom. The van der Waals surface area contributed by atoms with Crippen LogP contribution in [-0.2, 0) is 4.79 Å². The predicted octanol–water partition coefficient (Wildman–Crippen LogP) is 4.86. The van der Waals surface area contributed by atoms with Crippen molar-refractivity contribution in [2.45, 2.75) is 51.6 Å². The van der Waals surface area contributed by atoms with Gasteiger partial charge in [0.05, 0.1) is 13.2 Å². The van der Waals surface area contributed by atoms with Gasteiger partial charge in [0.2, 0.25) is 0 Å². The molecule has 1 N–H and O–H groups in total. The molecule has 196 valence electrons. The van der Waals surface area contributed by atoms with E-state index in [0.29, 0.717) is 56.1 Å². The monoisotopic (exact) mass is 497 g/mol. The van der Waals surface area contributed by atoms with Crippen molar-refractivity contribution in [3.63, 3.8) is 0 Å². The highest BCUT2D eigenvalue weighted by molar-refractivity contribution is 5.96. The SMILES string of the molecule is CCN(C)C[C@H](CC(=O)CCCCCC(=O)c1ccc(OC)cc1)[C@@H](O)c1ccc2c(c1)OCCO2. The van der Waals surface area contributed by atoms with E-state index in [9.17, 15) is 14.7 Å². The highest BCUT2D eigenvalue weighted by Crippen LogP contribution is 2.35. The van der Waals surface area contributed by atoms with Gasteiger partial charge in [-0.15, -0.1) is 0 Å². The lowest BCUT2D eigenvalue weighted by Crippen LogP contribution is -2.31. The second kappa shape index (κ2) is 14.0. The first-order valence-electron chi connectivity index (χ1n) is 12.9. The highest BCUT2D eigenvalue weighted by atomic mass is 16.6. The summed E-state index contributed by atoms with van der Waals surface area (Å²) < 4.78 is 16.4. The number of methoxy groups -OCH3 is 1. The minimum atomic E-state index is -0.777. The molecule has 7 heteroatoms. The number of fused-ring (bicyclic) bond motifs is 1. The number of aliphatic hydroxyl groups is 1. The van der Waals surface area contributed by atoms with Gasteiger partial charge in [-0.05, 0) is 68.4 Å². The van der Waals surface area contributed by atoms with Crippen LogP contribution < -0.4 is 14.2 Å². The van der Waals surface area contributed by atoms with Crippen molar-refractivity contribution in [3.05, 3.63) is 53.6 Å². The van der Waals surface area contributed by atoms with Crippen molar-refractivity contribution >= 4 is 11.6 Å². The lowest BCUT2D eigenvalue weighted by Gasteiger charge is -2.28. The summed E-state index contributed by atoms with van der Waals surface area (Å²) in [6.07, 6.45) is 2.76. The largest absolute Gasteiger partial charge is 0.497 e. The summed E-state index contributed by atoms with van der Waals surface area (Å²) in [5.74, 6) is 2.07. The zero-order valence-electron chi connectivity index (χ0n) is 21.7. The van der Waals surface area contributed by atoms with Gasteiger partial charge in [0.25, 0.3) is 0 Å². The maximum absolute atomic E-state index is 12.8. The Bertz CT molecular complexity index is 990. The Kier molecular flexibility index (Phi) is 10.8. The molecule has 0 saturated heterocycles. The molecule has 3 rings (SSSR count). The van der Waals surface area contributed by atoms with E-state index in [1.165, 1.54) is 0 Å². The van der Waals surface area contributed by atoms with Crippen LogP contribution in [0.2, 0.25) is 0 Å². The number of benzene rings is 2. The summed E-state index contributed by atoms with van der Waals surface area (Å²) in [4.78, 5) is 27.3. The van der Waals surface area contributed by atoms with Gasteiger partial charge in [-0.1, -0.05) is 19.4 Å². The zero-order chi connectivity index (χ0) is 25.9. The normalized spacial score (nSPS) is 14.4. The van der Waals surface area contributed by atoms with E-state index in [4.69, 9.17) is 14.2 Å². The molecule has 0 aromatic heterocycles. The Hall–Kier alpha value is -2.90. The molecule has 7 nitrogen and oxygen atoms in total. The van der Waals surface area contributed by atoms with E-state index >= 15 is 0 Å². The molecule has 0 unspecified atom stereocenters. The molecular formula is C29H39NO6. The number of hydrogen-bond donors (Lipinski definition) is 1. The number of ether oxygens (including phenoxy) is 3. The van der Waals surface area contributed by atoms with Crippen molar-refractivity contribution < 1.29 is 28.9 Å². The van der Waals surface area contributed by atoms with E-state index in [1.54, 1.807) is 31.4 Å². The summed E-state index contributed by atoms with van der Waals surface area (Å²) in [6, 6.07) is 12.6. The summed E-state index contributed by atoms with van der Waals surface area (Å²) in [6.45, 7) is 4.51. The van der Waals surface area contributed by atoms with Crippen LogP contribution in [0.15, 0.2) is 42.5 Å². The van der Waals surface area contributed by atoms with E-state index in [2.05, 4.69) is 11.8 Å². The summed E-state index contributed by atoms with van der Waals surface area (Å²) in [5, 5.41) is 11.2. The van der Waals surface area contributed by atoms with Crippen molar-refractivity contribution in [1.29, 1.82) is 0 Å². The van der Waals surface area contributed by atoms with Gasteiger partial charge in [0, 0.05) is 37.3 Å². The van der Waals surface area contributed by atoms with Gasteiger partial charge in [0.1, 0.15) is 24.7 Å². The molecule has 0 radical (unpaired) electrons. The summed E-state index contributed by atoms with van der Waals surface area (Å²) in [7, 11) is 3.59. The Labute approximate surface area is 214 Å². The quantitative estimate of drug-likeness (QED) is 0.278. The minimum absolute atomic E-state index is 0.106. The Morgan fingerprint density at radius 1 is 1.00 bits per heavy atom.